The monoisotopic (exact) mass is 496 g/mol. The molecule has 0 amide bonds. The maximum Gasteiger partial charge on any atom is 0.226 e. The van der Waals surface area contributed by atoms with Crippen molar-refractivity contribution < 1.29 is 9.21 Å². The van der Waals surface area contributed by atoms with Gasteiger partial charge >= 0.3 is 0 Å². The Hall–Kier alpha value is -4.63. The van der Waals surface area contributed by atoms with Crippen LogP contribution in [0.5, 0.6) is 0 Å². The molecule has 0 radical (unpaired) electrons. The number of hydrogen-bond donors (Lipinski definition) is 0. The van der Waals surface area contributed by atoms with E-state index in [2.05, 4.69) is 16.8 Å². The minimum atomic E-state index is -0.581. The topological polar surface area (TPSA) is 73.2 Å². The Labute approximate surface area is 219 Å². The van der Waals surface area contributed by atoms with E-state index in [0.717, 1.165) is 57.2 Å². The van der Waals surface area contributed by atoms with Gasteiger partial charge in [-0.25, -0.2) is 14.8 Å². The molecule has 3 aromatic heterocycles. The maximum absolute atomic E-state index is 13.0. The maximum atomic E-state index is 13.0. The lowest BCUT2D eigenvalue weighted by Gasteiger charge is -2.46. The van der Waals surface area contributed by atoms with E-state index in [-0.39, 0.29) is 23.3 Å². The second-order valence-corrected chi connectivity index (χ2v) is 10.5. The van der Waals surface area contributed by atoms with Gasteiger partial charge in [0, 0.05) is 39.4 Å². The van der Waals surface area contributed by atoms with E-state index in [0.29, 0.717) is 11.6 Å². The first-order valence-electron chi connectivity index (χ1n) is 12.9. The van der Waals surface area contributed by atoms with Crippen LogP contribution in [0.3, 0.4) is 0 Å². The van der Waals surface area contributed by atoms with E-state index >= 15 is 0 Å². The van der Waals surface area contributed by atoms with Crippen LogP contribution in [0.1, 0.15) is 31.5 Å². The summed E-state index contributed by atoms with van der Waals surface area (Å²) in [6, 6.07) is 19.9. The first-order valence-corrected chi connectivity index (χ1v) is 12.9. The van der Waals surface area contributed by atoms with Crippen molar-refractivity contribution in [3.05, 3.63) is 101 Å². The second-order valence-electron chi connectivity index (χ2n) is 10.5. The summed E-state index contributed by atoms with van der Waals surface area (Å²) in [4.78, 5) is 31.4. The van der Waals surface area contributed by atoms with E-state index in [1.54, 1.807) is 6.20 Å². The molecule has 0 spiro atoms. The van der Waals surface area contributed by atoms with Crippen LogP contribution in [-0.2, 0) is 16.6 Å². The standard InChI is InChI=1S/C32H24N4O2/c1-18-23-13-12-22-28(27-16-19-8-4-7-11-26(19)38-27)35-31(21-14-15-34-24-10-6-5-9-20(21)24)36-30(22)32(23,2)17-25(33-3)29(18)37/h4-11,14-18,23H,12-13H2,1-2H3/t18-,23-,32-/m1/s1. The molecule has 7 rings (SSSR count). The predicted molar refractivity (Wildman–Crippen MR) is 146 cm³/mol. The predicted octanol–water partition coefficient (Wildman–Crippen LogP) is 6.95. The van der Waals surface area contributed by atoms with Crippen LogP contribution in [0, 0.1) is 18.4 Å². The highest BCUT2D eigenvalue weighted by Gasteiger charge is 2.49. The molecular formula is C32H24N4O2. The third-order valence-corrected chi connectivity index (χ3v) is 8.37. The Kier molecular flexibility index (Phi) is 4.86. The van der Waals surface area contributed by atoms with Crippen LogP contribution in [0.2, 0.25) is 0 Å². The van der Waals surface area contributed by atoms with Crippen molar-refractivity contribution in [1.82, 2.24) is 15.0 Å². The van der Waals surface area contributed by atoms with Crippen LogP contribution >= 0.6 is 0 Å². The van der Waals surface area contributed by atoms with Crippen molar-refractivity contribution in [1.29, 1.82) is 0 Å². The van der Waals surface area contributed by atoms with Gasteiger partial charge in [-0.1, -0.05) is 56.3 Å². The van der Waals surface area contributed by atoms with Gasteiger partial charge in [0.15, 0.2) is 17.4 Å². The van der Waals surface area contributed by atoms with E-state index < -0.39 is 5.41 Å². The van der Waals surface area contributed by atoms with Gasteiger partial charge in [-0.05, 0) is 43.0 Å². The lowest BCUT2D eigenvalue weighted by molar-refractivity contribution is -0.121. The van der Waals surface area contributed by atoms with Gasteiger partial charge in [0.25, 0.3) is 0 Å². The van der Waals surface area contributed by atoms with Crippen molar-refractivity contribution in [2.45, 2.75) is 32.1 Å². The van der Waals surface area contributed by atoms with Gasteiger partial charge in [-0.2, -0.15) is 0 Å². The number of pyridine rings is 1. The molecule has 38 heavy (non-hydrogen) atoms. The van der Waals surface area contributed by atoms with E-state index in [4.69, 9.17) is 21.0 Å². The number of fused-ring (bicyclic) bond motifs is 5. The van der Waals surface area contributed by atoms with Crippen LogP contribution < -0.4 is 0 Å². The quantitative estimate of drug-likeness (QED) is 0.247. The van der Waals surface area contributed by atoms with E-state index in [1.165, 1.54) is 0 Å². The Balaban J connectivity index is 1.55. The van der Waals surface area contributed by atoms with Crippen molar-refractivity contribution >= 4 is 27.7 Å². The molecule has 184 valence electrons. The molecule has 2 aliphatic rings. The summed E-state index contributed by atoms with van der Waals surface area (Å²) in [5.74, 6) is 1.01. The van der Waals surface area contributed by atoms with Crippen LogP contribution in [0.4, 0.5) is 0 Å². The zero-order valence-electron chi connectivity index (χ0n) is 21.1. The highest BCUT2D eigenvalue weighted by Crippen LogP contribution is 2.51. The number of ketones is 1. The van der Waals surface area contributed by atoms with Crippen LogP contribution in [-0.4, -0.2) is 20.7 Å². The molecule has 0 saturated heterocycles. The van der Waals surface area contributed by atoms with Gasteiger partial charge in [0.2, 0.25) is 5.70 Å². The fraction of sp³-hybridized carbons (Fsp3) is 0.219. The van der Waals surface area contributed by atoms with E-state index in [9.17, 15) is 4.79 Å². The van der Waals surface area contributed by atoms with E-state index in [1.807, 2.05) is 73.7 Å². The van der Waals surface area contributed by atoms with Gasteiger partial charge in [0.05, 0.1) is 17.8 Å². The summed E-state index contributed by atoms with van der Waals surface area (Å²) in [5.41, 5.74) is 4.83. The third kappa shape index (κ3) is 3.18. The van der Waals surface area contributed by atoms with Gasteiger partial charge < -0.3 is 9.21 Å². The molecule has 3 heterocycles. The largest absolute Gasteiger partial charge is 0.454 e. The SMILES string of the molecule is [C-]#[N+]C1=C[C@@]2(C)c3nc(-c4ccnc5ccccc45)nc(-c4cc5ccccc5o4)c3CC[C@@H]2[C@@H](C)C1=O. The highest BCUT2D eigenvalue weighted by molar-refractivity contribution is 6.00. The molecule has 3 atom stereocenters. The normalized spacial score (nSPS) is 22.6. The third-order valence-electron chi connectivity index (χ3n) is 8.37. The number of para-hydroxylation sites is 2. The molecule has 5 aromatic rings. The second kappa shape index (κ2) is 8.19. The summed E-state index contributed by atoms with van der Waals surface area (Å²) in [5, 5.41) is 1.98. The van der Waals surface area contributed by atoms with Gasteiger partial charge in [-0.3, -0.25) is 4.98 Å². The molecule has 0 unspecified atom stereocenters. The zero-order valence-corrected chi connectivity index (χ0v) is 21.1. The average molecular weight is 497 g/mol. The Bertz CT molecular complexity index is 1820. The lowest BCUT2D eigenvalue weighted by Crippen LogP contribution is -2.46. The number of benzene rings is 2. The Morgan fingerprint density at radius 2 is 1.89 bits per heavy atom. The van der Waals surface area contributed by atoms with Gasteiger partial charge in [-0.15, -0.1) is 0 Å². The summed E-state index contributed by atoms with van der Waals surface area (Å²) < 4.78 is 6.33. The average Bonchev–Trinajstić information content (AvgIpc) is 3.38. The molecule has 6 heteroatoms. The number of furan rings is 1. The molecule has 0 N–H and O–H groups in total. The molecule has 0 bridgehead atoms. The molecule has 2 aromatic carbocycles. The molecule has 0 aliphatic heterocycles. The summed E-state index contributed by atoms with van der Waals surface area (Å²) in [6.07, 6.45) is 5.18. The number of rotatable bonds is 2. The fourth-order valence-corrected chi connectivity index (χ4v) is 6.46. The van der Waals surface area contributed by atoms with Crippen LogP contribution in [0.25, 0.3) is 49.6 Å². The smallest absolute Gasteiger partial charge is 0.226 e. The van der Waals surface area contributed by atoms with Crippen molar-refractivity contribution in [2.75, 3.05) is 0 Å². The summed E-state index contributed by atoms with van der Waals surface area (Å²) in [6.45, 7) is 11.8. The zero-order chi connectivity index (χ0) is 26.0. The number of carbonyl (C=O) groups excluding carboxylic acids is 1. The number of aromatic nitrogens is 3. The Morgan fingerprint density at radius 1 is 1.08 bits per heavy atom. The fourth-order valence-electron chi connectivity index (χ4n) is 6.46. The summed E-state index contributed by atoms with van der Waals surface area (Å²) >= 11 is 0. The number of Topliss-reactive ketones (excluding diaryl/α,β-unsaturated/α-hetero) is 1. The Morgan fingerprint density at radius 3 is 2.74 bits per heavy atom. The molecule has 2 aliphatic carbocycles. The number of carbonyl (C=O) groups is 1. The molecule has 0 saturated carbocycles. The number of hydrogen-bond acceptors (Lipinski definition) is 5. The first kappa shape index (κ1) is 22.6. The first-order chi connectivity index (χ1) is 18.5. The minimum Gasteiger partial charge on any atom is -0.454 e. The van der Waals surface area contributed by atoms with Crippen LogP contribution in [0.15, 0.2) is 83.1 Å². The molecule has 0 fully saturated rings. The number of nitrogens with zero attached hydrogens (tertiary/aromatic N) is 4. The number of allylic oxidation sites excluding steroid dienone is 2. The van der Waals surface area contributed by atoms with Crippen molar-refractivity contribution in [3.8, 4) is 22.8 Å². The van der Waals surface area contributed by atoms with Gasteiger partial charge in [0.1, 0.15) is 11.3 Å². The summed E-state index contributed by atoms with van der Waals surface area (Å²) in [7, 11) is 0. The lowest BCUT2D eigenvalue weighted by atomic mass is 9.58. The minimum absolute atomic E-state index is 0.0495. The highest BCUT2D eigenvalue weighted by atomic mass is 16.3. The molecule has 6 nitrogen and oxygen atoms in total. The molecular weight excluding hydrogens is 472 g/mol. The van der Waals surface area contributed by atoms with Crippen molar-refractivity contribution in [2.24, 2.45) is 11.8 Å². The van der Waals surface area contributed by atoms with Crippen molar-refractivity contribution in [3.63, 3.8) is 0 Å².